The van der Waals surface area contributed by atoms with Crippen LogP contribution in [0.4, 0.5) is 0 Å². The largest absolute Gasteiger partial charge is 0.361 e. The van der Waals surface area contributed by atoms with Gasteiger partial charge in [-0.05, 0) is 6.07 Å². The molecule has 0 amide bonds. The molecule has 2 aromatic heterocycles. The smallest absolute Gasteiger partial charge is 0.183 e. The van der Waals surface area contributed by atoms with Crippen molar-refractivity contribution in [3.05, 3.63) is 66.6 Å². The van der Waals surface area contributed by atoms with Crippen molar-refractivity contribution in [2.45, 2.75) is 19.4 Å². The van der Waals surface area contributed by atoms with Crippen LogP contribution in [0.1, 0.15) is 24.9 Å². The molecule has 18 heavy (non-hydrogen) atoms. The summed E-state index contributed by atoms with van der Waals surface area (Å²) in [6.07, 6.45) is 7.44. The lowest BCUT2D eigenvalue weighted by molar-refractivity contribution is -0.712. The highest BCUT2D eigenvalue weighted by Crippen LogP contribution is 2.17. The fourth-order valence-electron chi connectivity index (χ4n) is 2.50. The second-order valence-corrected chi connectivity index (χ2v) is 4.57. The Morgan fingerprint density at radius 1 is 1.11 bits per heavy atom. The average molecular weight is 237 g/mol. The molecule has 0 fully saturated rings. The van der Waals surface area contributed by atoms with Gasteiger partial charge in [0.1, 0.15) is 0 Å². The van der Waals surface area contributed by atoms with Gasteiger partial charge in [-0.25, -0.2) is 0 Å². The molecular weight excluding hydrogens is 220 g/mol. The van der Waals surface area contributed by atoms with Crippen LogP contribution in [-0.2, 0) is 0 Å². The highest BCUT2D eigenvalue weighted by Gasteiger charge is 2.18. The van der Waals surface area contributed by atoms with Gasteiger partial charge >= 0.3 is 0 Å². The van der Waals surface area contributed by atoms with Crippen molar-refractivity contribution in [2.24, 2.45) is 0 Å². The minimum absolute atomic E-state index is 0.408. The second-order valence-electron chi connectivity index (χ2n) is 4.57. The van der Waals surface area contributed by atoms with Crippen molar-refractivity contribution in [1.29, 1.82) is 0 Å². The van der Waals surface area contributed by atoms with Crippen molar-refractivity contribution < 1.29 is 4.57 Å². The molecule has 1 N–H and O–H groups in total. The predicted molar refractivity (Wildman–Crippen MR) is 73.4 cm³/mol. The first-order valence-corrected chi connectivity index (χ1v) is 6.41. The quantitative estimate of drug-likeness (QED) is 0.673. The third kappa shape index (κ3) is 1.90. The Labute approximate surface area is 107 Å². The first-order valence-electron chi connectivity index (χ1n) is 6.41. The number of aromatic nitrogens is 2. The summed E-state index contributed by atoms with van der Waals surface area (Å²) in [6, 6.07) is 15.3. The average Bonchev–Trinajstić information content (AvgIpc) is 2.88. The van der Waals surface area contributed by atoms with E-state index in [0.717, 1.165) is 6.42 Å². The molecule has 0 saturated carbocycles. The van der Waals surface area contributed by atoms with Gasteiger partial charge in [0.05, 0.1) is 10.9 Å². The van der Waals surface area contributed by atoms with Crippen LogP contribution in [0.2, 0.25) is 0 Å². The summed E-state index contributed by atoms with van der Waals surface area (Å²) >= 11 is 0. The fourth-order valence-corrected chi connectivity index (χ4v) is 2.50. The molecule has 1 atom stereocenters. The van der Waals surface area contributed by atoms with Crippen molar-refractivity contribution >= 4 is 10.9 Å². The number of nitrogens with one attached hydrogen (secondary N) is 1. The number of pyridine rings is 1. The van der Waals surface area contributed by atoms with E-state index in [0.29, 0.717) is 6.04 Å². The molecule has 3 rings (SSSR count). The van der Waals surface area contributed by atoms with Gasteiger partial charge < -0.3 is 4.98 Å². The summed E-state index contributed by atoms with van der Waals surface area (Å²) in [4.78, 5) is 3.23. The number of benzene rings is 1. The summed E-state index contributed by atoms with van der Waals surface area (Å²) < 4.78 is 2.30. The molecular formula is C16H17N2+. The van der Waals surface area contributed by atoms with Crippen LogP contribution >= 0.6 is 0 Å². The maximum atomic E-state index is 3.23. The standard InChI is InChI=1S/C16H16N2/c1-2-16(13-6-4-3-5-7-13)18-11-9-15-14(12-18)8-10-17-15/h3-12,16H,2H2,1H3/p+1. The number of nitrogens with zero attached hydrogens (tertiary/aromatic N) is 1. The third-order valence-corrected chi connectivity index (χ3v) is 3.45. The summed E-state index contributed by atoms with van der Waals surface area (Å²) in [5, 5.41) is 1.26. The number of hydrogen-bond donors (Lipinski definition) is 1. The molecule has 0 saturated heterocycles. The van der Waals surface area contributed by atoms with E-state index in [9.17, 15) is 0 Å². The fraction of sp³-hybridized carbons (Fsp3) is 0.188. The van der Waals surface area contributed by atoms with Gasteiger partial charge in [0.15, 0.2) is 18.4 Å². The number of fused-ring (bicyclic) bond motifs is 1. The van der Waals surface area contributed by atoms with Crippen LogP contribution in [0.15, 0.2) is 61.1 Å². The van der Waals surface area contributed by atoms with E-state index < -0.39 is 0 Å². The highest BCUT2D eigenvalue weighted by atomic mass is 15.0. The lowest BCUT2D eigenvalue weighted by Gasteiger charge is -2.10. The number of hydrogen-bond acceptors (Lipinski definition) is 0. The summed E-state index contributed by atoms with van der Waals surface area (Å²) in [7, 11) is 0. The van der Waals surface area contributed by atoms with E-state index in [1.54, 1.807) is 0 Å². The molecule has 0 radical (unpaired) electrons. The molecule has 1 aromatic carbocycles. The molecule has 3 aromatic rings. The lowest BCUT2D eigenvalue weighted by atomic mass is 10.0. The molecule has 0 bridgehead atoms. The normalized spacial score (nSPS) is 12.7. The predicted octanol–water partition coefficient (Wildman–Crippen LogP) is 3.45. The van der Waals surface area contributed by atoms with Gasteiger partial charge in [-0.15, -0.1) is 0 Å². The number of H-pyrrole nitrogens is 1. The van der Waals surface area contributed by atoms with Crippen LogP contribution in [0, 0.1) is 0 Å². The Kier molecular flexibility index (Phi) is 2.85. The van der Waals surface area contributed by atoms with E-state index >= 15 is 0 Å². The van der Waals surface area contributed by atoms with Gasteiger partial charge in [-0.1, -0.05) is 37.3 Å². The van der Waals surface area contributed by atoms with Gasteiger partial charge in [-0.3, -0.25) is 0 Å². The zero-order valence-corrected chi connectivity index (χ0v) is 10.5. The second kappa shape index (κ2) is 4.65. The van der Waals surface area contributed by atoms with Crippen molar-refractivity contribution in [3.63, 3.8) is 0 Å². The maximum absolute atomic E-state index is 3.23. The minimum atomic E-state index is 0.408. The zero-order valence-electron chi connectivity index (χ0n) is 10.5. The summed E-state index contributed by atoms with van der Waals surface area (Å²) in [5.41, 5.74) is 2.55. The van der Waals surface area contributed by atoms with Gasteiger partial charge in [0.25, 0.3) is 0 Å². The molecule has 90 valence electrons. The molecule has 2 nitrogen and oxygen atoms in total. The van der Waals surface area contributed by atoms with E-state index in [-0.39, 0.29) is 0 Å². The SMILES string of the molecule is CCC(c1ccccc1)[n+]1ccc2[nH]ccc2c1. The summed E-state index contributed by atoms with van der Waals surface area (Å²) in [5.74, 6) is 0. The Bertz CT molecular complexity index is 640. The Hall–Kier alpha value is -2.09. The van der Waals surface area contributed by atoms with E-state index in [1.807, 2.05) is 6.20 Å². The van der Waals surface area contributed by atoms with Gasteiger partial charge in [-0.2, -0.15) is 4.57 Å². The van der Waals surface area contributed by atoms with Crippen LogP contribution in [0.3, 0.4) is 0 Å². The Morgan fingerprint density at radius 3 is 2.72 bits per heavy atom. The molecule has 0 spiro atoms. The van der Waals surface area contributed by atoms with Crippen LogP contribution in [0.25, 0.3) is 10.9 Å². The van der Waals surface area contributed by atoms with Crippen LogP contribution in [-0.4, -0.2) is 4.98 Å². The van der Waals surface area contributed by atoms with Crippen LogP contribution < -0.4 is 4.57 Å². The Balaban J connectivity index is 2.05. The van der Waals surface area contributed by atoms with Crippen molar-refractivity contribution in [1.82, 2.24) is 4.98 Å². The number of aromatic amines is 1. The van der Waals surface area contributed by atoms with Gasteiger partial charge in [0, 0.05) is 24.2 Å². The lowest BCUT2D eigenvalue weighted by Crippen LogP contribution is -2.38. The third-order valence-electron chi connectivity index (χ3n) is 3.45. The first-order chi connectivity index (χ1) is 8.88. The van der Waals surface area contributed by atoms with Gasteiger partial charge in [0.2, 0.25) is 0 Å². The van der Waals surface area contributed by atoms with E-state index in [4.69, 9.17) is 0 Å². The molecule has 2 heteroatoms. The molecule has 1 unspecified atom stereocenters. The first kappa shape index (κ1) is 11.0. The Morgan fingerprint density at radius 2 is 1.94 bits per heavy atom. The molecule has 0 aliphatic carbocycles. The van der Waals surface area contributed by atoms with E-state index in [1.165, 1.54) is 16.5 Å². The van der Waals surface area contributed by atoms with Crippen LogP contribution in [0.5, 0.6) is 0 Å². The van der Waals surface area contributed by atoms with Crippen molar-refractivity contribution in [2.75, 3.05) is 0 Å². The van der Waals surface area contributed by atoms with Crippen molar-refractivity contribution in [3.8, 4) is 0 Å². The number of rotatable bonds is 3. The minimum Gasteiger partial charge on any atom is -0.361 e. The highest BCUT2D eigenvalue weighted by molar-refractivity contribution is 5.76. The topological polar surface area (TPSA) is 19.7 Å². The van der Waals surface area contributed by atoms with E-state index in [2.05, 4.69) is 71.3 Å². The maximum Gasteiger partial charge on any atom is 0.183 e. The monoisotopic (exact) mass is 237 g/mol. The molecule has 0 aliphatic heterocycles. The zero-order chi connectivity index (χ0) is 12.4. The summed E-state index contributed by atoms with van der Waals surface area (Å²) in [6.45, 7) is 2.23. The molecule has 0 aliphatic rings. The molecule has 2 heterocycles.